The van der Waals surface area contributed by atoms with Gasteiger partial charge in [-0.3, -0.25) is 4.90 Å². The standard InChI is InChI=1S/C12H14BrClF3N3/c13-9-3-10(14)11(19-5-9)18-4-8-1-2-20(6-8)7-12(15,16)17/h3,5,8H,1-2,4,6-7H2,(H,18,19). The third-order valence-electron chi connectivity index (χ3n) is 3.14. The third-order valence-corrected chi connectivity index (χ3v) is 3.86. The van der Waals surface area contributed by atoms with E-state index in [0.29, 0.717) is 30.5 Å². The summed E-state index contributed by atoms with van der Waals surface area (Å²) < 4.78 is 37.6. The number of hydrogen-bond donors (Lipinski definition) is 1. The fourth-order valence-corrected chi connectivity index (χ4v) is 2.96. The van der Waals surface area contributed by atoms with Crippen LogP contribution in [-0.2, 0) is 0 Å². The molecule has 1 aromatic rings. The van der Waals surface area contributed by atoms with Gasteiger partial charge in [0.2, 0.25) is 0 Å². The van der Waals surface area contributed by atoms with Gasteiger partial charge in [0.1, 0.15) is 5.82 Å². The molecule has 0 spiro atoms. The van der Waals surface area contributed by atoms with Crippen LogP contribution in [0.15, 0.2) is 16.7 Å². The summed E-state index contributed by atoms with van der Waals surface area (Å²) in [6, 6.07) is 1.72. The van der Waals surface area contributed by atoms with E-state index < -0.39 is 12.7 Å². The number of hydrogen-bond acceptors (Lipinski definition) is 3. The molecule has 0 bridgehead atoms. The van der Waals surface area contributed by atoms with Crippen LogP contribution in [0.4, 0.5) is 19.0 Å². The molecule has 8 heteroatoms. The molecule has 2 heterocycles. The molecule has 3 nitrogen and oxygen atoms in total. The minimum absolute atomic E-state index is 0.180. The lowest BCUT2D eigenvalue weighted by Gasteiger charge is -2.18. The molecule has 0 aromatic carbocycles. The summed E-state index contributed by atoms with van der Waals surface area (Å²) in [7, 11) is 0. The lowest BCUT2D eigenvalue weighted by Crippen LogP contribution is -2.33. The molecule has 1 aromatic heterocycles. The number of anilines is 1. The van der Waals surface area contributed by atoms with E-state index in [9.17, 15) is 13.2 Å². The van der Waals surface area contributed by atoms with Gasteiger partial charge in [0, 0.05) is 23.8 Å². The minimum Gasteiger partial charge on any atom is -0.369 e. The number of halogens is 5. The highest BCUT2D eigenvalue weighted by Crippen LogP contribution is 2.25. The summed E-state index contributed by atoms with van der Waals surface area (Å²) >= 11 is 9.28. The highest BCUT2D eigenvalue weighted by Gasteiger charge is 2.34. The van der Waals surface area contributed by atoms with Gasteiger partial charge < -0.3 is 5.32 Å². The molecule has 2 rings (SSSR count). The number of pyridine rings is 1. The highest BCUT2D eigenvalue weighted by molar-refractivity contribution is 9.10. The lowest BCUT2D eigenvalue weighted by atomic mass is 10.1. The van der Waals surface area contributed by atoms with Crippen LogP contribution in [0.3, 0.4) is 0 Å². The molecule has 20 heavy (non-hydrogen) atoms. The summed E-state index contributed by atoms with van der Waals surface area (Å²) in [5.41, 5.74) is 0. The molecule has 0 saturated carbocycles. The van der Waals surface area contributed by atoms with Gasteiger partial charge in [0.25, 0.3) is 0 Å². The molecular weight excluding hydrogens is 359 g/mol. The molecule has 112 valence electrons. The first-order chi connectivity index (χ1) is 9.33. The fourth-order valence-electron chi connectivity index (χ4n) is 2.26. The minimum atomic E-state index is -4.13. The van der Waals surface area contributed by atoms with Crippen LogP contribution in [0.2, 0.25) is 5.02 Å². The van der Waals surface area contributed by atoms with Gasteiger partial charge in [-0.15, -0.1) is 0 Å². The molecule has 1 N–H and O–H groups in total. The molecule has 0 aliphatic carbocycles. The first-order valence-electron chi connectivity index (χ1n) is 6.17. The Morgan fingerprint density at radius 2 is 2.25 bits per heavy atom. The molecule has 1 atom stereocenters. The van der Waals surface area contributed by atoms with Gasteiger partial charge in [0.05, 0.1) is 11.6 Å². The number of likely N-dealkylation sites (tertiary alicyclic amines) is 1. The molecule has 1 aliphatic rings. The van der Waals surface area contributed by atoms with Crippen LogP contribution in [0.5, 0.6) is 0 Å². The van der Waals surface area contributed by atoms with Crippen molar-refractivity contribution in [2.24, 2.45) is 5.92 Å². The smallest absolute Gasteiger partial charge is 0.369 e. The largest absolute Gasteiger partial charge is 0.401 e. The van der Waals surface area contributed by atoms with Crippen LogP contribution < -0.4 is 5.32 Å². The second-order valence-electron chi connectivity index (χ2n) is 4.87. The van der Waals surface area contributed by atoms with Gasteiger partial charge >= 0.3 is 6.18 Å². The molecule has 0 radical (unpaired) electrons. The maximum Gasteiger partial charge on any atom is 0.401 e. The SMILES string of the molecule is FC(F)(F)CN1CCC(CNc2ncc(Br)cc2Cl)C1. The number of nitrogens with zero attached hydrogens (tertiary/aromatic N) is 2. The van der Waals surface area contributed by atoms with E-state index in [0.717, 1.165) is 10.9 Å². The van der Waals surface area contributed by atoms with Gasteiger partial charge in [-0.05, 0) is 40.9 Å². The monoisotopic (exact) mass is 371 g/mol. The summed E-state index contributed by atoms with van der Waals surface area (Å²) in [4.78, 5) is 5.57. The first kappa shape index (κ1) is 15.9. The normalized spacial score (nSPS) is 20.4. The molecular formula is C12H14BrClF3N3. The van der Waals surface area contributed by atoms with Gasteiger partial charge in [0.15, 0.2) is 0 Å². The second-order valence-corrected chi connectivity index (χ2v) is 6.19. The zero-order valence-electron chi connectivity index (χ0n) is 10.6. The van der Waals surface area contributed by atoms with E-state index in [-0.39, 0.29) is 5.92 Å². The zero-order chi connectivity index (χ0) is 14.8. The quantitative estimate of drug-likeness (QED) is 0.871. The molecule has 1 saturated heterocycles. The van der Waals surface area contributed by atoms with E-state index in [2.05, 4.69) is 26.2 Å². The van der Waals surface area contributed by atoms with E-state index in [1.807, 2.05) is 0 Å². The Balaban J connectivity index is 1.81. The number of nitrogens with one attached hydrogen (secondary N) is 1. The van der Waals surface area contributed by atoms with E-state index in [1.165, 1.54) is 4.90 Å². The van der Waals surface area contributed by atoms with Gasteiger partial charge in [-0.1, -0.05) is 11.6 Å². The summed E-state index contributed by atoms with van der Waals surface area (Å²) in [5, 5.41) is 3.58. The summed E-state index contributed by atoms with van der Waals surface area (Å²) in [6.45, 7) is 0.664. The Hall–Kier alpha value is -0.530. The van der Waals surface area contributed by atoms with Crippen LogP contribution in [-0.4, -0.2) is 42.2 Å². The third kappa shape index (κ3) is 4.79. The van der Waals surface area contributed by atoms with E-state index in [1.54, 1.807) is 12.3 Å². The van der Waals surface area contributed by atoms with Crippen molar-refractivity contribution < 1.29 is 13.2 Å². The highest BCUT2D eigenvalue weighted by atomic mass is 79.9. The van der Waals surface area contributed by atoms with Crippen molar-refractivity contribution in [1.29, 1.82) is 0 Å². The fraction of sp³-hybridized carbons (Fsp3) is 0.583. The Labute approximate surface area is 128 Å². The average molecular weight is 373 g/mol. The molecule has 1 aliphatic heterocycles. The van der Waals surface area contributed by atoms with Crippen molar-refractivity contribution in [3.63, 3.8) is 0 Å². The van der Waals surface area contributed by atoms with Crippen molar-refractivity contribution in [2.45, 2.75) is 12.6 Å². The van der Waals surface area contributed by atoms with E-state index in [4.69, 9.17) is 11.6 Å². The maximum absolute atomic E-state index is 12.3. The zero-order valence-corrected chi connectivity index (χ0v) is 12.9. The number of aromatic nitrogens is 1. The number of alkyl halides is 3. The average Bonchev–Trinajstić information content (AvgIpc) is 2.73. The Bertz CT molecular complexity index is 470. The molecule has 1 unspecified atom stereocenters. The predicted octanol–water partition coefficient (Wildman–Crippen LogP) is 3.79. The van der Waals surface area contributed by atoms with Crippen molar-refractivity contribution >= 4 is 33.3 Å². The van der Waals surface area contributed by atoms with Crippen molar-refractivity contribution in [2.75, 3.05) is 31.5 Å². The Morgan fingerprint density at radius 3 is 2.90 bits per heavy atom. The van der Waals surface area contributed by atoms with E-state index >= 15 is 0 Å². The number of rotatable bonds is 4. The molecule has 1 fully saturated rings. The second kappa shape index (κ2) is 6.49. The van der Waals surface area contributed by atoms with Crippen LogP contribution >= 0.6 is 27.5 Å². The van der Waals surface area contributed by atoms with Crippen LogP contribution in [0.1, 0.15) is 6.42 Å². The maximum atomic E-state index is 12.3. The molecule has 0 amide bonds. The predicted molar refractivity (Wildman–Crippen MR) is 76.0 cm³/mol. The summed E-state index contributed by atoms with van der Waals surface area (Å²) in [5.74, 6) is 0.739. The van der Waals surface area contributed by atoms with Crippen LogP contribution in [0.25, 0.3) is 0 Å². The van der Waals surface area contributed by atoms with Crippen molar-refractivity contribution in [1.82, 2.24) is 9.88 Å². The Kier molecular flexibility index (Phi) is 5.14. The van der Waals surface area contributed by atoms with Gasteiger partial charge in [-0.2, -0.15) is 13.2 Å². The first-order valence-corrected chi connectivity index (χ1v) is 7.34. The topological polar surface area (TPSA) is 28.2 Å². The lowest BCUT2D eigenvalue weighted by molar-refractivity contribution is -0.143. The van der Waals surface area contributed by atoms with Crippen molar-refractivity contribution in [3.05, 3.63) is 21.8 Å². The van der Waals surface area contributed by atoms with Crippen LogP contribution in [0, 0.1) is 5.92 Å². The Morgan fingerprint density at radius 1 is 1.50 bits per heavy atom. The summed E-state index contributed by atoms with van der Waals surface area (Å²) in [6.07, 6.45) is -1.76. The van der Waals surface area contributed by atoms with Gasteiger partial charge in [-0.25, -0.2) is 4.98 Å². The van der Waals surface area contributed by atoms with Crippen molar-refractivity contribution in [3.8, 4) is 0 Å².